The molecule has 0 amide bonds. The van der Waals surface area contributed by atoms with E-state index in [-0.39, 0.29) is 0 Å². The van der Waals surface area contributed by atoms with Crippen LogP contribution in [0.5, 0.6) is 0 Å². The van der Waals surface area contributed by atoms with Gasteiger partial charge in [0.05, 0.1) is 5.41 Å². The smallest absolute Gasteiger partial charge is 0.332 e. The molecule has 196 valence electrons. The molecular formula is C30H46O4S. The van der Waals surface area contributed by atoms with E-state index in [2.05, 4.69) is 13.8 Å². The van der Waals surface area contributed by atoms with Crippen LogP contribution in [0.1, 0.15) is 122 Å². The average molecular weight is 503 g/mol. The second-order valence-corrected chi connectivity index (χ2v) is 10.6. The lowest BCUT2D eigenvalue weighted by Crippen LogP contribution is -2.38. The Kier molecular flexibility index (Phi) is 14.0. The van der Waals surface area contributed by atoms with Crippen LogP contribution in [-0.4, -0.2) is 14.4 Å². The summed E-state index contributed by atoms with van der Waals surface area (Å²) >= 11 is 0. The minimum absolute atomic E-state index is 0.609. The number of benzene rings is 2. The van der Waals surface area contributed by atoms with Crippen LogP contribution in [0.15, 0.2) is 42.5 Å². The summed E-state index contributed by atoms with van der Waals surface area (Å²) in [7, 11) is -3.24. The van der Waals surface area contributed by atoms with Crippen molar-refractivity contribution in [2.45, 2.75) is 122 Å². The molecule has 2 aromatic rings. The van der Waals surface area contributed by atoms with Crippen LogP contribution in [-0.2, 0) is 25.4 Å². The number of unbranched alkanes of at least 4 members (excludes halogenated alkanes) is 12. The van der Waals surface area contributed by atoms with Crippen molar-refractivity contribution in [1.29, 1.82) is 0 Å². The Morgan fingerprint density at radius 1 is 0.686 bits per heavy atom. The molecule has 2 aromatic carbocycles. The van der Waals surface area contributed by atoms with Gasteiger partial charge in [-0.25, -0.2) is 4.79 Å². The molecule has 0 saturated heterocycles. The molecule has 0 N–H and O–H groups in total. The number of thiol groups is 1. The topological polar surface area (TPSA) is 60.4 Å². The largest absolute Gasteiger partial charge is 0.347 e. The summed E-state index contributed by atoms with van der Waals surface area (Å²) in [6.45, 7) is 4.43. The van der Waals surface area contributed by atoms with E-state index in [4.69, 9.17) is 4.18 Å². The monoisotopic (exact) mass is 502 g/mol. The molecule has 35 heavy (non-hydrogen) atoms. The van der Waals surface area contributed by atoms with E-state index < -0.39 is 22.4 Å². The van der Waals surface area contributed by atoms with E-state index in [1.165, 1.54) is 51.4 Å². The molecule has 0 saturated carbocycles. The number of carbonyl (C=O) groups is 1. The first-order valence-electron chi connectivity index (χ1n) is 13.9. The van der Waals surface area contributed by atoms with Gasteiger partial charge in [0.25, 0.3) is 0 Å². The van der Waals surface area contributed by atoms with Gasteiger partial charge >= 0.3 is 17.0 Å². The standard InChI is InChI=1S/C30H46O4S/c1-3-5-7-9-11-13-17-24-30(29(31)34-35(32)33,25-18-14-12-10-8-6-4-2)28-23-19-21-26-20-15-16-22-27(26)28/h15-16,19-23,35H,3-14,17-18,24-25H2,1-2H3. The molecule has 5 heteroatoms. The van der Waals surface area contributed by atoms with E-state index in [0.717, 1.165) is 54.9 Å². The number of hydrogen-bond acceptors (Lipinski definition) is 4. The van der Waals surface area contributed by atoms with Crippen LogP contribution in [0.2, 0.25) is 0 Å². The second kappa shape index (κ2) is 16.7. The molecule has 0 atom stereocenters. The van der Waals surface area contributed by atoms with Crippen molar-refractivity contribution in [3.05, 3.63) is 48.0 Å². The number of carbonyl (C=O) groups excluding carboxylic acids is 1. The second-order valence-electron chi connectivity index (χ2n) is 9.95. The van der Waals surface area contributed by atoms with Crippen molar-refractivity contribution in [3.63, 3.8) is 0 Å². The van der Waals surface area contributed by atoms with Gasteiger partial charge in [-0.3, -0.25) is 0 Å². The Hall–Kier alpha value is -1.88. The number of hydrogen-bond donors (Lipinski definition) is 1. The van der Waals surface area contributed by atoms with Gasteiger partial charge in [-0.2, -0.15) is 8.42 Å². The van der Waals surface area contributed by atoms with Gasteiger partial charge in [-0.15, -0.1) is 0 Å². The molecule has 0 aliphatic carbocycles. The normalized spacial score (nSPS) is 11.9. The summed E-state index contributed by atoms with van der Waals surface area (Å²) in [4.78, 5) is 13.5. The predicted molar refractivity (Wildman–Crippen MR) is 147 cm³/mol. The van der Waals surface area contributed by atoms with Crippen molar-refractivity contribution in [3.8, 4) is 0 Å². The molecule has 4 nitrogen and oxygen atoms in total. The summed E-state index contributed by atoms with van der Waals surface area (Å²) in [6.07, 6.45) is 17.3. The Morgan fingerprint density at radius 3 is 1.71 bits per heavy atom. The molecule has 0 aromatic heterocycles. The van der Waals surface area contributed by atoms with Crippen LogP contribution < -0.4 is 0 Å². The van der Waals surface area contributed by atoms with Crippen LogP contribution in [0, 0.1) is 0 Å². The third-order valence-corrected chi connectivity index (χ3v) is 7.58. The fourth-order valence-corrected chi connectivity index (χ4v) is 5.58. The third-order valence-electron chi connectivity index (χ3n) is 7.27. The van der Waals surface area contributed by atoms with Crippen molar-refractivity contribution < 1.29 is 17.4 Å². The maximum absolute atomic E-state index is 13.5. The highest BCUT2D eigenvalue weighted by atomic mass is 32.2. The molecular weight excluding hydrogens is 456 g/mol. The zero-order valence-electron chi connectivity index (χ0n) is 21.9. The Bertz CT molecular complexity index is 919. The van der Waals surface area contributed by atoms with E-state index in [0.29, 0.717) is 12.8 Å². The minimum Gasteiger partial charge on any atom is -0.347 e. The molecule has 0 spiro atoms. The molecule has 0 aliphatic rings. The highest BCUT2D eigenvalue weighted by Gasteiger charge is 2.42. The van der Waals surface area contributed by atoms with E-state index >= 15 is 0 Å². The fraction of sp³-hybridized carbons (Fsp3) is 0.633. The number of rotatable bonds is 19. The van der Waals surface area contributed by atoms with Crippen LogP contribution in [0.25, 0.3) is 10.8 Å². The zero-order chi connectivity index (χ0) is 25.4. The molecule has 0 radical (unpaired) electrons. The quantitative estimate of drug-likeness (QED) is 0.155. The lowest BCUT2D eigenvalue weighted by Gasteiger charge is -2.32. The first-order valence-corrected chi connectivity index (χ1v) is 15.0. The molecule has 0 aliphatic heterocycles. The maximum Gasteiger partial charge on any atom is 0.332 e. The maximum atomic E-state index is 13.5. The summed E-state index contributed by atoms with van der Waals surface area (Å²) < 4.78 is 28.0. The van der Waals surface area contributed by atoms with E-state index in [1.54, 1.807) is 0 Å². The number of fused-ring (bicyclic) bond motifs is 1. The molecule has 0 unspecified atom stereocenters. The van der Waals surface area contributed by atoms with Crippen molar-refractivity contribution in [1.82, 2.24) is 0 Å². The van der Waals surface area contributed by atoms with E-state index in [1.807, 2.05) is 42.5 Å². The Labute approximate surface area is 215 Å². The first-order chi connectivity index (χ1) is 17.0. The summed E-state index contributed by atoms with van der Waals surface area (Å²) in [6, 6.07) is 14.1. The summed E-state index contributed by atoms with van der Waals surface area (Å²) in [5.74, 6) is -0.609. The van der Waals surface area contributed by atoms with Crippen LogP contribution in [0.3, 0.4) is 0 Å². The van der Waals surface area contributed by atoms with Gasteiger partial charge in [-0.05, 0) is 29.2 Å². The highest BCUT2D eigenvalue weighted by molar-refractivity contribution is 7.67. The molecule has 0 bridgehead atoms. The lowest BCUT2D eigenvalue weighted by atomic mass is 9.71. The van der Waals surface area contributed by atoms with Crippen LogP contribution >= 0.6 is 0 Å². The molecule has 0 heterocycles. The fourth-order valence-electron chi connectivity index (χ4n) is 5.27. The third kappa shape index (κ3) is 9.59. The average Bonchev–Trinajstić information content (AvgIpc) is 2.85. The summed E-state index contributed by atoms with van der Waals surface area (Å²) in [5.41, 5.74) is -0.0299. The van der Waals surface area contributed by atoms with Crippen molar-refractivity contribution in [2.75, 3.05) is 0 Å². The van der Waals surface area contributed by atoms with Crippen molar-refractivity contribution >= 4 is 27.7 Å². The Balaban J connectivity index is 2.28. The van der Waals surface area contributed by atoms with Gasteiger partial charge in [0.2, 0.25) is 0 Å². The van der Waals surface area contributed by atoms with Crippen molar-refractivity contribution in [2.24, 2.45) is 0 Å². The zero-order valence-corrected chi connectivity index (χ0v) is 22.8. The first kappa shape index (κ1) is 29.4. The Morgan fingerprint density at radius 2 is 1.17 bits per heavy atom. The SMILES string of the molecule is CCCCCCCCCC(CCCCCCCCC)(C(=O)O[SH](=O)=O)c1cccc2ccccc12. The van der Waals surface area contributed by atoms with Gasteiger partial charge in [-0.1, -0.05) is 146 Å². The predicted octanol–water partition coefficient (Wildman–Crippen LogP) is 8.43. The molecule has 2 rings (SSSR count). The molecule has 0 fully saturated rings. The van der Waals surface area contributed by atoms with Gasteiger partial charge in [0, 0.05) is 0 Å². The summed E-state index contributed by atoms with van der Waals surface area (Å²) in [5, 5.41) is 2.08. The minimum atomic E-state index is -3.24. The van der Waals surface area contributed by atoms with Gasteiger partial charge in [0.15, 0.2) is 0 Å². The lowest BCUT2D eigenvalue weighted by molar-refractivity contribution is -0.141. The van der Waals surface area contributed by atoms with Crippen LogP contribution in [0.4, 0.5) is 0 Å². The van der Waals surface area contributed by atoms with E-state index in [9.17, 15) is 13.2 Å². The highest BCUT2D eigenvalue weighted by Crippen LogP contribution is 2.41. The van der Waals surface area contributed by atoms with Gasteiger partial charge < -0.3 is 4.18 Å². The van der Waals surface area contributed by atoms with Gasteiger partial charge in [0.1, 0.15) is 0 Å².